The molecule has 0 spiro atoms. The van der Waals surface area contributed by atoms with Crippen molar-refractivity contribution in [1.29, 1.82) is 0 Å². The maximum absolute atomic E-state index is 2.61. The minimum Gasteiger partial charge on any atom is -0.311 e. The van der Waals surface area contributed by atoms with Crippen molar-refractivity contribution in [3.8, 4) is 33.4 Å². The van der Waals surface area contributed by atoms with Gasteiger partial charge in [-0.2, -0.15) is 0 Å². The summed E-state index contributed by atoms with van der Waals surface area (Å²) in [6, 6.07) is 86.6. The van der Waals surface area contributed by atoms with E-state index in [0.717, 1.165) is 28.4 Å². The smallest absolute Gasteiger partial charge is 0.252 e. The van der Waals surface area contributed by atoms with Gasteiger partial charge in [0.05, 0.1) is 5.69 Å². The maximum atomic E-state index is 2.61. The zero-order chi connectivity index (χ0) is 53.4. The predicted octanol–water partition coefficient (Wildman–Crippen LogP) is 18.4. The Hall–Kier alpha value is -8.34. The van der Waals surface area contributed by atoms with Gasteiger partial charge in [-0.1, -0.05) is 214 Å². The van der Waals surface area contributed by atoms with Crippen molar-refractivity contribution in [2.24, 2.45) is 0 Å². The van der Waals surface area contributed by atoms with Crippen LogP contribution in [-0.4, -0.2) is 6.71 Å². The van der Waals surface area contributed by atoms with E-state index in [1.54, 1.807) is 0 Å². The van der Waals surface area contributed by atoms with Crippen LogP contribution >= 0.6 is 0 Å². The summed E-state index contributed by atoms with van der Waals surface area (Å²) in [5.74, 6) is 0. The first-order valence-electron chi connectivity index (χ1n) is 27.4. The van der Waals surface area contributed by atoms with Gasteiger partial charge in [-0.05, 0) is 168 Å². The highest BCUT2D eigenvalue weighted by atomic mass is 15.2. The molecule has 0 saturated carbocycles. The van der Waals surface area contributed by atoms with E-state index >= 15 is 0 Å². The van der Waals surface area contributed by atoms with E-state index in [1.807, 2.05) is 0 Å². The number of fused-ring (bicyclic) bond motifs is 4. The zero-order valence-electron chi connectivity index (χ0n) is 46.4. The molecule has 0 N–H and O–H groups in total. The average molecular weight is 998 g/mol. The summed E-state index contributed by atoms with van der Waals surface area (Å²) >= 11 is 0. The normalized spacial score (nSPS) is 13.0. The number of hydrogen-bond donors (Lipinski definition) is 0. The second-order valence-electron chi connectivity index (χ2n) is 24.4. The molecule has 10 aromatic carbocycles. The van der Waals surface area contributed by atoms with Gasteiger partial charge in [-0.15, -0.1) is 0 Å². The Morgan fingerprint density at radius 2 is 0.818 bits per heavy atom. The Kier molecular flexibility index (Phi) is 12.3. The van der Waals surface area contributed by atoms with Crippen molar-refractivity contribution in [2.45, 2.75) is 85.5 Å². The Bertz CT molecular complexity index is 3740. The minimum atomic E-state index is -0.0877. The first kappa shape index (κ1) is 49.5. The number of rotatable bonds is 8. The van der Waals surface area contributed by atoms with Crippen LogP contribution in [0.2, 0.25) is 0 Å². The molecule has 12 rings (SSSR count). The molecule has 0 unspecified atom stereocenters. The van der Waals surface area contributed by atoms with Crippen LogP contribution < -0.4 is 31.1 Å². The fourth-order valence-corrected chi connectivity index (χ4v) is 11.7. The SMILES string of the molecule is Cc1cc2c3c(c1)N(c1ccc(-c4ccccc4)cc1-c1cc(C(C)(C)C)cc(C(C)(C)C)c1)c1ccc(-c4ccccc4)cc1B3c1ccc(N(c3ccccc3)c3ccccc3)cc1N2c1ccc(C(C)(C)C)cc1. The number of anilines is 9. The van der Waals surface area contributed by atoms with Crippen LogP contribution in [0.25, 0.3) is 33.4 Å². The molecule has 10 aromatic rings. The van der Waals surface area contributed by atoms with Crippen LogP contribution in [-0.2, 0) is 16.2 Å². The standard InChI is InChI=1S/C73H68BN3/c1-49-41-68-70-69(42-49)77(65-39-31-52(50-23-15-11-16-24-50)45-62(65)54-43-56(72(5,6)7)47-57(44-54)73(8,9)10)66-40-32-53(51-25-17-12-18-26-51)46-64(66)74(70)63-38-37-61(75(58-27-19-13-20-28-58)59-29-21-14-22-30-59)48-67(63)76(68)60-35-33-55(34-36-60)71(2,3)4/h11-48H,1-10H3. The third kappa shape index (κ3) is 9.14. The molecular weight excluding hydrogens is 930 g/mol. The van der Waals surface area contributed by atoms with Gasteiger partial charge in [0, 0.05) is 51.1 Å². The molecule has 2 aliphatic rings. The molecule has 0 aromatic heterocycles. The van der Waals surface area contributed by atoms with Crippen molar-refractivity contribution >= 4 is 74.3 Å². The van der Waals surface area contributed by atoms with Crippen LogP contribution in [0.15, 0.2) is 231 Å². The van der Waals surface area contributed by atoms with Gasteiger partial charge in [0.2, 0.25) is 0 Å². The van der Waals surface area contributed by atoms with E-state index in [-0.39, 0.29) is 23.0 Å². The van der Waals surface area contributed by atoms with Crippen LogP contribution in [0.1, 0.15) is 84.6 Å². The topological polar surface area (TPSA) is 9.72 Å². The Balaban J connectivity index is 1.17. The second kappa shape index (κ2) is 19.0. The molecule has 0 fully saturated rings. The number of benzene rings is 10. The molecular formula is C73H68BN3. The van der Waals surface area contributed by atoms with Gasteiger partial charge in [0.15, 0.2) is 0 Å². The molecule has 0 aliphatic carbocycles. The van der Waals surface area contributed by atoms with Crippen LogP contribution in [0.3, 0.4) is 0 Å². The Labute approximate surface area is 458 Å². The van der Waals surface area contributed by atoms with E-state index in [0.29, 0.717) is 0 Å². The van der Waals surface area contributed by atoms with Crippen LogP contribution in [0, 0.1) is 6.92 Å². The fourth-order valence-electron chi connectivity index (χ4n) is 11.7. The Morgan fingerprint density at radius 3 is 1.35 bits per heavy atom. The summed E-state index contributed by atoms with van der Waals surface area (Å²) < 4.78 is 0. The monoisotopic (exact) mass is 998 g/mol. The summed E-state index contributed by atoms with van der Waals surface area (Å²) in [6.07, 6.45) is 0. The van der Waals surface area contributed by atoms with Gasteiger partial charge in [-0.3, -0.25) is 0 Å². The largest absolute Gasteiger partial charge is 0.311 e. The molecule has 2 aliphatic heterocycles. The predicted molar refractivity (Wildman–Crippen MR) is 332 cm³/mol. The van der Waals surface area contributed by atoms with E-state index in [9.17, 15) is 0 Å². The zero-order valence-corrected chi connectivity index (χ0v) is 46.4. The molecule has 77 heavy (non-hydrogen) atoms. The highest BCUT2D eigenvalue weighted by Gasteiger charge is 2.44. The van der Waals surface area contributed by atoms with Crippen molar-refractivity contribution in [1.82, 2.24) is 0 Å². The number of aryl methyl sites for hydroxylation is 1. The molecule has 2 heterocycles. The molecule has 3 nitrogen and oxygen atoms in total. The van der Waals surface area contributed by atoms with Crippen molar-refractivity contribution in [3.05, 3.63) is 253 Å². The highest BCUT2D eigenvalue weighted by Crippen LogP contribution is 2.50. The highest BCUT2D eigenvalue weighted by molar-refractivity contribution is 7.00. The van der Waals surface area contributed by atoms with Gasteiger partial charge < -0.3 is 14.7 Å². The third-order valence-electron chi connectivity index (χ3n) is 15.9. The summed E-state index contributed by atoms with van der Waals surface area (Å²) in [5, 5.41) is 0. The molecule has 4 heteroatoms. The van der Waals surface area contributed by atoms with E-state index < -0.39 is 0 Å². The summed E-state index contributed by atoms with van der Waals surface area (Å²) in [4.78, 5) is 7.57. The number of para-hydroxylation sites is 2. The fraction of sp³-hybridized carbons (Fsp3) is 0.178. The molecule has 0 atom stereocenters. The molecule has 0 radical (unpaired) electrons. The van der Waals surface area contributed by atoms with Crippen molar-refractivity contribution < 1.29 is 0 Å². The average Bonchev–Trinajstić information content (AvgIpc) is 3.62. The third-order valence-corrected chi connectivity index (χ3v) is 15.9. The van der Waals surface area contributed by atoms with Crippen LogP contribution in [0.5, 0.6) is 0 Å². The molecule has 0 saturated heterocycles. The molecule has 0 bridgehead atoms. The van der Waals surface area contributed by atoms with Gasteiger partial charge >= 0.3 is 0 Å². The van der Waals surface area contributed by atoms with Crippen molar-refractivity contribution in [3.63, 3.8) is 0 Å². The summed E-state index contributed by atoms with van der Waals surface area (Å²) in [6.45, 7) is 23.1. The summed E-state index contributed by atoms with van der Waals surface area (Å²) in [7, 11) is 0. The van der Waals surface area contributed by atoms with E-state index in [4.69, 9.17) is 0 Å². The van der Waals surface area contributed by atoms with Crippen molar-refractivity contribution in [2.75, 3.05) is 14.7 Å². The first-order valence-corrected chi connectivity index (χ1v) is 27.4. The van der Waals surface area contributed by atoms with Gasteiger partial charge in [0.25, 0.3) is 6.71 Å². The van der Waals surface area contributed by atoms with Gasteiger partial charge in [0.1, 0.15) is 0 Å². The lowest BCUT2D eigenvalue weighted by Crippen LogP contribution is -2.61. The molecule has 0 amide bonds. The lowest BCUT2D eigenvalue weighted by Gasteiger charge is -2.45. The minimum absolute atomic E-state index is 0.000543. The van der Waals surface area contributed by atoms with E-state index in [1.165, 1.54) is 94.8 Å². The number of nitrogens with zero attached hydrogens (tertiary/aromatic N) is 3. The second-order valence-corrected chi connectivity index (χ2v) is 24.4. The summed E-state index contributed by atoms with van der Waals surface area (Å²) in [5.41, 5.74) is 26.4. The maximum Gasteiger partial charge on any atom is 0.252 e. The van der Waals surface area contributed by atoms with Crippen LogP contribution in [0.4, 0.5) is 51.2 Å². The lowest BCUT2D eigenvalue weighted by molar-refractivity contribution is 0.569. The lowest BCUT2D eigenvalue weighted by atomic mass is 9.33. The molecule has 378 valence electrons. The number of hydrogen-bond acceptors (Lipinski definition) is 3. The van der Waals surface area contributed by atoms with E-state index in [2.05, 4.69) is 314 Å². The quantitative estimate of drug-likeness (QED) is 0.140. The first-order chi connectivity index (χ1) is 37.0. The van der Waals surface area contributed by atoms with Gasteiger partial charge in [-0.25, -0.2) is 0 Å². The Morgan fingerprint density at radius 1 is 0.325 bits per heavy atom.